The molecule has 0 spiro atoms. The van der Waals surface area contributed by atoms with Gasteiger partial charge in [0, 0.05) is 0 Å². The normalized spacial score (nSPS) is 20.4. The second-order valence-corrected chi connectivity index (χ2v) is 7.75. The summed E-state index contributed by atoms with van der Waals surface area (Å²) in [6, 6.07) is 8.85. The molecule has 1 aliphatic rings. The lowest BCUT2D eigenvalue weighted by Gasteiger charge is -2.26. The second-order valence-electron chi connectivity index (χ2n) is 7.75. The van der Waals surface area contributed by atoms with E-state index in [1.165, 1.54) is 75.3 Å². The van der Waals surface area contributed by atoms with E-state index >= 15 is 0 Å². The van der Waals surface area contributed by atoms with Crippen LogP contribution in [0, 0.1) is 23.7 Å². The molecule has 0 bridgehead atoms. The van der Waals surface area contributed by atoms with Crippen LogP contribution >= 0.6 is 0 Å². The van der Waals surface area contributed by atoms with E-state index in [9.17, 15) is 0 Å². The van der Waals surface area contributed by atoms with Crippen LogP contribution in [0.25, 0.3) is 6.08 Å². The third-order valence-corrected chi connectivity index (χ3v) is 5.55. The van der Waals surface area contributed by atoms with E-state index in [1.807, 2.05) is 6.08 Å². The standard InChI is InChI=1S/C26H36/c1-3-5-11-23-15-19-25(20-16-23)13-9-7-8-10-14-26-21-17-24(18-22-26)12-6-4-2/h9-10,13-16,19-20,24,26H,3-6,11-12,17-18,21-22H2,1-2H3. The topological polar surface area (TPSA) is 0 Å². The Morgan fingerprint density at radius 2 is 1.58 bits per heavy atom. The number of hydrogen-bond donors (Lipinski definition) is 0. The van der Waals surface area contributed by atoms with E-state index in [2.05, 4.69) is 68.2 Å². The van der Waals surface area contributed by atoms with Crippen LogP contribution < -0.4 is 0 Å². The first-order valence-electron chi connectivity index (χ1n) is 10.7. The maximum atomic E-state index is 3.17. The Bertz CT molecular complexity index is 598. The summed E-state index contributed by atoms with van der Waals surface area (Å²) in [5.74, 6) is 8.05. The average molecular weight is 349 g/mol. The maximum absolute atomic E-state index is 3.17. The molecule has 140 valence electrons. The van der Waals surface area contributed by atoms with Crippen molar-refractivity contribution in [2.24, 2.45) is 11.8 Å². The predicted molar refractivity (Wildman–Crippen MR) is 116 cm³/mol. The fourth-order valence-electron chi connectivity index (χ4n) is 3.76. The number of hydrogen-bond acceptors (Lipinski definition) is 0. The lowest BCUT2D eigenvalue weighted by molar-refractivity contribution is 0.291. The van der Waals surface area contributed by atoms with Gasteiger partial charge < -0.3 is 0 Å². The monoisotopic (exact) mass is 348 g/mol. The van der Waals surface area contributed by atoms with Crippen LogP contribution in [-0.4, -0.2) is 0 Å². The minimum Gasteiger partial charge on any atom is -0.0730 e. The molecule has 0 nitrogen and oxygen atoms in total. The molecule has 0 atom stereocenters. The van der Waals surface area contributed by atoms with Crippen LogP contribution in [0.5, 0.6) is 0 Å². The fourth-order valence-corrected chi connectivity index (χ4v) is 3.76. The Labute approximate surface area is 161 Å². The molecule has 0 saturated heterocycles. The Hall–Kier alpha value is -1.74. The third-order valence-electron chi connectivity index (χ3n) is 5.55. The molecule has 0 aliphatic heterocycles. The largest absolute Gasteiger partial charge is 0.0730 e. The van der Waals surface area contributed by atoms with Gasteiger partial charge in [0.15, 0.2) is 0 Å². The summed E-state index contributed by atoms with van der Waals surface area (Å²) in [7, 11) is 0. The van der Waals surface area contributed by atoms with Crippen molar-refractivity contribution in [3.63, 3.8) is 0 Å². The second kappa shape index (κ2) is 12.6. The number of benzene rings is 1. The van der Waals surface area contributed by atoms with Crippen molar-refractivity contribution in [2.45, 2.75) is 78.1 Å². The van der Waals surface area contributed by atoms with Crippen molar-refractivity contribution in [1.82, 2.24) is 0 Å². The molecule has 0 radical (unpaired) electrons. The zero-order chi connectivity index (χ0) is 18.5. The highest BCUT2D eigenvalue weighted by Crippen LogP contribution is 2.32. The molecule has 0 aromatic heterocycles. The van der Waals surface area contributed by atoms with Crippen molar-refractivity contribution in [1.29, 1.82) is 0 Å². The molecular weight excluding hydrogens is 312 g/mol. The van der Waals surface area contributed by atoms with Crippen LogP contribution in [0.4, 0.5) is 0 Å². The average Bonchev–Trinajstić information content (AvgIpc) is 2.69. The first-order chi connectivity index (χ1) is 12.8. The summed E-state index contributed by atoms with van der Waals surface area (Å²) >= 11 is 0. The Balaban J connectivity index is 1.69. The lowest BCUT2D eigenvalue weighted by atomic mass is 9.80. The Morgan fingerprint density at radius 3 is 2.27 bits per heavy atom. The van der Waals surface area contributed by atoms with Gasteiger partial charge in [-0.3, -0.25) is 0 Å². The minimum atomic E-state index is 0.752. The van der Waals surface area contributed by atoms with E-state index in [0.717, 1.165) is 11.8 Å². The van der Waals surface area contributed by atoms with Gasteiger partial charge in [-0.1, -0.05) is 81.7 Å². The molecular formula is C26H36. The van der Waals surface area contributed by atoms with Crippen LogP contribution in [0.3, 0.4) is 0 Å². The molecule has 1 saturated carbocycles. The van der Waals surface area contributed by atoms with Crippen molar-refractivity contribution >= 4 is 6.08 Å². The molecule has 1 fully saturated rings. The van der Waals surface area contributed by atoms with Crippen molar-refractivity contribution in [3.05, 3.63) is 53.6 Å². The highest BCUT2D eigenvalue weighted by atomic mass is 14.2. The number of unbranched alkanes of at least 4 members (excludes halogenated alkanes) is 2. The molecule has 0 N–H and O–H groups in total. The van der Waals surface area contributed by atoms with Gasteiger partial charge in [-0.15, -0.1) is 0 Å². The minimum absolute atomic E-state index is 0.752. The van der Waals surface area contributed by atoms with Crippen LogP contribution in [-0.2, 0) is 6.42 Å². The van der Waals surface area contributed by atoms with Crippen LogP contribution in [0.2, 0.25) is 0 Å². The zero-order valence-corrected chi connectivity index (χ0v) is 16.8. The molecule has 0 amide bonds. The van der Waals surface area contributed by atoms with Crippen molar-refractivity contribution in [2.75, 3.05) is 0 Å². The van der Waals surface area contributed by atoms with Crippen molar-refractivity contribution in [3.8, 4) is 11.8 Å². The first-order valence-corrected chi connectivity index (χ1v) is 10.7. The molecule has 1 aliphatic carbocycles. The molecule has 2 rings (SSSR count). The number of rotatable bonds is 8. The number of allylic oxidation sites excluding steroid dienone is 3. The van der Waals surface area contributed by atoms with Gasteiger partial charge in [0.1, 0.15) is 0 Å². The van der Waals surface area contributed by atoms with E-state index in [-0.39, 0.29) is 0 Å². The molecule has 0 unspecified atom stereocenters. The molecule has 26 heavy (non-hydrogen) atoms. The lowest BCUT2D eigenvalue weighted by Crippen LogP contribution is -2.12. The highest BCUT2D eigenvalue weighted by Gasteiger charge is 2.18. The smallest absolute Gasteiger partial charge is 0.0109 e. The SMILES string of the molecule is CCCCc1ccc(C=CC#CC=CC2CCC(CCCC)CC2)cc1. The predicted octanol–water partition coefficient (Wildman–Crippen LogP) is 7.60. The van der Waals surface area contributed by atoms with Gasteiger partial charge in [-0.25, -0.2) is 0 Å². The van der Waals surface area contributed by atoms with Gasteiger partial charge in [-0.05, 0) is 79.7 Å². The Morgan fingerprint density at radius 1 is 0.885 bits per heavy atom. The first kappa shape index (κ1) is 20.6. The van der Waals surface area contributed by atoms with E-state index < -0.39 is 0 Å². The van der Waals surface area contributed by atoms with Gasteiger partial charge in [-0.2, -0.15) is 0 Å². The Kier molecular flexibility index (Phi) is 9.96. The summed E-state index contributed by atoms with van der Waals surface area (Å²) in [6.45, 7) is 4.53. The molecule has 0 heteroatoms. The third kappa shape index (κ3) is 8.09. The van der Waals surface area contributed by atoms with Gasteiger partial charge in [0.2, 0.25) is 0 Å². The summed E-state index contributed by atoms with van der Waals surface area (Å²) in [6.07, 6.45) is 21.9. The summed E-state index contributed by atoms with van der Waals surface area (Å²) < 4.78 is 0. The van der Waals surface area contributed by atoms with E-state index in [1.54, 1.807) is 0 Å². The van der Waals surface area contributed by atoms with E-state index in [4.69, 9.17) is 0 Å². The summed E-state index contributed by atoms with van der Waals surface area (Å²) in [4.78, 5) is 0. The quantitative estimate of drug-likeness (QED) is 0.424. The van der Waals surface area contributed by atoms with E-state index in [0.29, 0.717) is 0 Å². The molecule has 1 aromatic carbocycles. The summed E-state index contributed by atoms with van der Waals surface area (Å²) in [5.41, 5.74) is 2.66. The highest BCUT2D eigenvalue weighted by molar-refractivity contribution is 5.53. The summed E-state index contributed by atoms with van der Waals surface area (Å²) in [5, 5.41) is 0. The van der Waals surface area contributed by atoms with Gasteiger partial charge in [0.25, 0.3) is 0 Å². The molecule has 0 heterocycles. The zero-order valence-electron chi connectivity index (χ0n) is 16.8. The maximum Gasteiger partial charge on any atom is -0.0109 e. The molecule has 1 aromatic rings. The fraction of sp³-hybridized carbons (Fsp3) is 0.538. The van der Waals surface area contributed by atoms with Gasteiger partial charge >= 0.3 is 0 Å². The van der Waals surface area contributed by atoms with Crippen LogP contribution in [0.1, 0.15) is 82.8 Å². The number of aryl methyl sites for hydroxylation is 1. The van der Waals surface area contributed by atoms with Crippen molar-refractivity contribution < 1.29 is 0 Å². The van der Waals surface area contributed by atoms with Gasteiger partial charge in [0.05, 0.1) is 0 Å². The van der Waals surface area contributed by atoms with Crippen LogP contribution in [0.15, 0.2) is 42.5 Å².